The van der Waals surface area contributed by atoms with Crippen LogP contribution >= 0.6 is 0 Å². The van der Waals surface area contributed by atoms with Gasteiger partial charge in [-0.2, -0.15) is 8.42 Å². The van der Waals surface area contributed by atoms with Gasteiger partial charge < -0.3 is 4.18 Å². The summed E-state index contributed by atoms with van der Waals surface area (Å²) < 4.78 is 67.9. The lowest BCUT2D eigenvalue weighted by Gasteiger charge is -2.11. The van der Waals surface area contributed by atoms with Crippen LogP contribution in [0.25, 0.3) is 5.76 Å². The molecule has 0 unspecified atom stereocenters. The molecule has 8 heteroatoms. The lowest BCUT2D eigenvalue weighted by Crippen LogP contribution is -2.10. The highest BCUT2D eigenvalue weighted by molar-refractivity contribution is 7.87. The standard InChI is InChI=1S/C15H12F3NO3S/c1-10-5-7-11(8-6-10)23(20,21)22-14(13(16)15(17)18)12-4-2-3-9-19-12/h2-9,15H,1H3/b14-13-. The van der Waals surface area contributed by atoms with Crippen LogP contribution in [0.15, 0.2) is 59.4 Å². The minimum absolute atomic E-state index is 0.279. The van der Waals surface area contributed by atoms with E-state index in [1.54, 1.807) is 6.92 Å². The first-order chi connectivity index (χ1) is 10.8. The summed E-state index contributed by atoms with van der Waals surface area (Å²) in [6.07, 6.45) is -2.32. The summed E-state index contributed by atoms with van der Waals surface area (Å²) in [5, 5.41) is 0. The predicted octanol–water partition coefficient (Wildman–Crippen LogP) is 3.70. The fourth-order valence-electron chi connectivity index (χ4n) is 1.66. The van der Waals surface area contributed by atoms with Crippen LogP contribution in [-0.4, -0.2) is 19.8 Å². The second-order valence-electron chi connectivity index (χ2n) is 4.54. The number of allylic oxidation sites excluding steroid dienone is 1. The molecular weight excluding hydrogens is 331 g/mol. The van der Waals surface area contributed by atoms with E-state index in [4.69, 9.17) is 0 Å². The quantitative estimate of drug-likeness (QED) is 0.614. The van der Waals surface area contributed by atoms with Gasteiger partial charge in [0.05, 0.1) is 0 Å². The minimum Gasteiger partial charge on any atom is -0.374 e. The molecule has 0 bridgehead atoms. The Balaban J connectivity index is 2.46. The molecule has 2 aromatic rings. The molecule has 1 heterocycles. The van der Waals surface area contributed by atoms with Gasteiger partial charge in [0, 0.05) is 6.20 Å². The first kappa shape index (κ1) is 17.0. The van der Waals surface area contributed by atoms with Crippen molar-refractivity contribution in [3.63, 3.8) is 0 Å². The monoisotopic (exact) mass is 343 g/mol. The first-order valence-corrected chi connectivity index (χ1v) is 7.82. The third kappa shape index (κ3) is 4.10. The lowest BCUT2D eigenvalue weighted by atomic mass is 10.2. The summed E-state index contributed by atoms with van der Waals surface area (Å²) in [6.45, 7) is 1.74. The molecule has 0 aliphatic carbocycles. The second kappa shape index (κ2) is 6.82. The topological polar surface area (TPSA) is 56.3 Å². The van der Waals surface area contributed by atoms with Gasteiger partial charge in [-0.05, 0) is 31.2 Å². The molecule has 0 saturated heterocycles. The van der Waals surface area contributed by atoms with Gasteiger partial charge in [0.1, 0.15) is 10.6 Å². The first-order valence-electron chi connectivity index (χ1n) is 6.41. The third-order valence-electron chi connectivity index (χ3n) is 2.81. The summed E-state index contributed by atoms with van der Waals surface area (Å²) in [4.78, 5) is 3.37. The molecule has 0 radical (unpaired) electrons. The Morgan fingerprint density at radius 1 is 1.13 bits per heavy atom. The number of rotatable bonds is 5. The van der Waals surface area contributed by atoms with Crippen LogP contribution in [0.3, 0.4) is 0 Å². The van der Waals surface area contributed by atoms with Crippen molar-refractivity contribution in [2.75, 3.05) is 0 Å². The van der Waals surface area contributed by atoms with Gasteiger partial charge in [0.25, 0.3) is 6.43 Å². The van der Waals surface area contributed by atoms with Crippen LogP contribution in [0.4, 0.5) is 13.2 Å². The number of hydrogen-bond acceptors (Lipinski definition) is 4. The van der Waals surface area contributed by atoms with E-state index in [1.165, 1.54) is 48.7 Å². The number of pyridine rings is 1. The molecule has 0 N–H and O–H groups in total. The van der Waals surface area contributed by atoms with E-state index in [0.717, 1.165) is 5.56 Å². The summed E-state index contributed by atoms with van der Waals surface area (Å²) in [5.74, 6) is -3.12. The van der Waals surface area contributed by atoms with Gasteiger partial charge in [0.2, 0.25) is 11.6 Å². The summed E-state index contributed by atoms with van der Waals surface area (Å²) in [5.41, 5.74) is 0.448. The van der Waals surface area contributed by atoms with E-state index in [1.807, 2.05) is 0 Å². The number of hydrogen-bond donors (Lipinski definition) is 0. The van der Waals surface area contributed by atoms with Gasteiger partial charge >= 0.3 is 10.1 Å². The van der Waals surface area contributed by atoms with Gasteiger partial charge in [-0.1, -0.05) is 23.8 Å². The number of nitrogens with zero attached hydrogens (tertiary/aromatic N) is 1. The van der Waals surface area contributed by atoms with Crippen LogP contribution in [0.5, 0.6) is 0 Å². The third-order valence-corrected chi connectivity index (χ3v) is 4.04. The molecule has 0 aliphatic rings. The van der Waals surface area contributed by atoms with Crippen molar-refractivity contribution in [3.8, 4) is 0 Å². The van der Waals surface area contributed by atoms with Crippen LogP contribution in [0.2, 0.25) is 0 Å². The Kier molecular flexibility index (Phi) is 5.05. The largest absolute Gasteiger partial charge is 0.374 e. The molecule has 2 rings (SSSR count). The van der Waals surface area contributed by atoms with Crippen molar-refractivity contribution in [3.05, 3.63) is 65.7 Å². The number of alkyl halides is 2. The molecule has 4 nitrogen and oxygen atoms in total. The summed E-state index contributed by atoms with van der Waals surface area (Å²) >= 11 is 0. The highest BCUT2D eigenvalue weighted by Gasteiger charge is 2.27. The van der Waals surface area contributed by atoms with Crippen LogP contribution in [-0.2, 0) is 14.3 Å². The Hall–Kier alpha value is -2.35. The summed E-state index contributed by atoms with van der Waals surface area (Å²) in [6, 6.07) is 9.51. The molecule has 0 atom stereocenters. The van der Waals surface area contributed by atoms with E-state index < -0.39 is 28.1 Å². The molecule has 1 aromatic heterocycles. The predicted molar refractivity (Wildman–Crippen MR) is 77.7 cm³/mol. The molecule has 23 heavy (non-hydrogen) atoms. The minimum atomic E-state index is -4.47. The fraction of sp³-hybridized carbons (Fsp3) is 0.133. The van der Waals surface area contributed by atoms with Crippen LogP contribution in [0, 0.1) is 6.92 Å². The Bertz CT molecular complexity index is 804. The highest BCUT2D eigenvalue weighted by Crippen LogP contribution is 2.28. The van der Waals surface area contributed by atoms with Crippen molar-refractivity contribution in [2.45, 2.75) is 18.2 Å². The maximum absolute atomic E-state index is 13.7. The van der Waals surface area contributed by atoms with Crippen molar-refractivity contribution in [2.24, 2.45) is 0 Å². The zero-order valence-corrected chi connectivity index (χ0v) is 12.7. The average molecular weight is 343 g/mol. The fourth-order valence-corrected chi connectivity index (χ4v) is 2.61. The number of halogens is 3. The summed E-state index contributed by atoms with van der Waals surface area (Å²) in [7, 11) is -4.47. The molecule has 0 fully saturated rings. The van der Waals surface area contributed by atoms with E-state index in [0.29, 0.717) is 0 Å². The molecule has 122 valence electrons. The number of benzene rings is 1. The normalized spacial score (nSPS) is 12.9. The van der Waals surface area contributed by atoms with Gasteiger partial charge in [-0.15, -0.1) is 0 Å². The Labute approximate surface area is 131 Å². The Morgan fingerprint density at radius 3 is 2.30 bits per heavy atom. The second-order valence-corrected chi connectivity index (χ2v) is 6.09. The molecule has 0 aliphatic heterocycles. The molecular formula is C15H12F3NO3S. The number of aryl methyl sites for hydroxylation is 1. The molecule has 0 saturated carbocycles. The lowest BCUT2D eigenvalue weighted by molar-refractivity contribution is 0.156. The smallest absolute Gasteiger partial charge is 0.339 e. The van der Waals surface area contributed by atoms with E-state index in [9.17, 15) is 21.6 Å². The molecule has 0 spiro atoms. The highest BCUT2D eigenvalue weighted by atomic mass is 32.2. The molecule has 0 amide bonds. The van der Waals surface area contributed by atoms with Crippen molar-refractivity contribution in [1.82, 2.24) is 4.98 Å². The average Bonchev–Trinajstić information content (AvgIpc) is 2.53. The molecule has 1 aromatic carbocycles. The zero-order chi connectivity index (χ0) is 17.0. The maximum Gasteiger partial charge on any atom is 0.339 e. The van der Waals surface area contributed by atoms with Gasteiger partial charge in [-0.3, -0.25) is 4.98 Å². The van der Waals surface area contributed by atoms with Crippen LogP contribution < -0.4 is 0 Å². The van der Waals surface area contributed by atoms with Crippen LogP contribution in [0.1, 0.15) is 11.3 Å². The Morgan fingerprint density at radius 2 is 1.78 bits per heavy atom. The van der Waals surface area contributed by atoms with E-state index in [2.05, 4.69) is 9.17 Å². The van der Waals surface area contributed by atoms with E-state index >= 15 is 0 Å². The van der Waals surface area contributed by atoms with Crippen molar-refractivity contribution >= 4 is 15.9 Å². The van der Waals surface area contributed by atoms with E-state index in [-0.39, 0.29) is 10.6 Å². The van der Waals surface area contributed by atoms with Gasteiger partial charge in [0.15, 0.2) is 0 Å². The SMILES string of the molecule is Cc1ccc(S(=O)(=O)O/C(=C(\F)C(F)F)c2ccccn2)cc1. The number of aromatic nitrogens is 1. The maximum atomic E-state index is 13.7. The van der Waals surface area contributed by atoms with Crippen molar-refractivity contribution in [1.29, 1.82) is 0 Å². The zero-order valence-electron chi connectivity index (χ0n) is 11.9. The van der Waals surface area contributed by atoms with Crippen molar-refractivity contribution < 1.29 is 25.8 Å². The van der Waals surface area contributed by atoms with Gasteiger partial charge in [-0.25, -0.2) is 13.2 Å².